The van der Waals surface area contributed by atoms with Crippen LogP contribution in [-0.4, -0.2) is 38.0 Å². The van der Waals surface area contributed by atoms with Crippen molar-refractivity contribution in [3.63, 3.8) is 0 Å². The molecule has 3 aliphatic carbocycles. The van der Waals surface area contributed by atoms with Gasteiger partial charge in [-0.3, -0.25) is 0 Å². The molecule has 4 rings (SSSR count). The van der Waals surface area contributed by atoms with E-state index in [0.717, 1.165) is 12.8 Å². The van der Waals surface area contributed by atoms with E-state index in [4.69, 9.17) is 14.2 Å². The van der Waals surface area contributed by atoms with Crippen molar-refractivity contribution in [1.82, 2.24) is 0 Å². The Morgan fingerprint density at radius 3 is 2.38 bits per heavy atom. The molecule has 0 aromatic rings. The van der Waals surface area contributed by atoms with Crippen LogP contribution in [0.5, 0.6) is 0 Å². The molecule has 4 aliphatic rings. The molecule has 16 heavy (non-hydrogen) atoms. The van der Waals surface area contributed by atoms with Crippen LogP contribution in [-0.2, 0) is 14.2 Å². The van der Waals surface area contributed by atoms with Gasteiger partial charge in [0.15, 0.2) is 12.6 Å². The van der Waals surface area contributed by atoms with Crippen LogP contribution < -0.4 is 0 Å². The average molecular weight is 228 g/mol. The zero-order chi connectivity index (χ0) is 11.3. The second-order valence-electron chi connectivity index (χ2n) is 5.30. The third-order valence-corrected chi connectivity index (χ3v) is 4.75. The van der Waals surface area contributed by atoms with Crippen molar-refractivity contribution < 1.29 is 19.3 Å². The summed E-state index contributed by atoms with van der Waals surface area (Å²) >= 11 is 0. The molecule has 0 aromatic heterocycles. The molecule has 1 aliphatic heterocycles. The molecule has 3 saturated carbocycles. The molecule has 1 N–H and O–H groups in total. The van der Waals surface area contributed by atoms with Gasteiger partial charge in [-0.1, -0.05) is 0 Å². The van der Waals surface area contributed by atoms with Gasteiger partial charge in [0.1, 0.15) is 0 Å². The summed E-state index contributed by atoms with van der Waals surface area (Å²) in [6, 6.07) is 0. The van der Waals surface area contributed by atoms with Crippen molar-refractivity contribution in [3.05, 3.63) is 0 Å². The fourth-order valence-corrected chi connectivity index (χ4v) is 4.13. The number of rotatable bonds is 2. The number of fused-ring (bicyclic) bond motifs is 2. The molecule has 4 fully saturated rings. The Morgan fingerprint density at radius 2 is 1.75 bits per heavy atom. The Morgan fingerprint density at radius 1 is 1.06 bits per heavy atom. The predicted molar refractivity (Wildman–Crippen MR) is 56.5 cm³/mol. The summed E-state index contributed by atoms with van der Waals surface area (Å²) in [5, 5.41) is 10.1. The second kappa shape index (κ2) is 3.95. The summed E-state index contributed by atoms with van der Waals surface area (Å²) < 4.78 is 16.6. The number of aliphatic hydroxyl groups excluding tert-OH is 1. The molecule has 0 spiro atoms. The van der Waals surface area contributed by atoms with Gasteiger partial charge in [-0.2, -0.15) is 0 Å². The second-order valence-corrected chi connectivity index (χ2v) is 5.30. The van der Waals surface area contributed by atoms with Gasteiger partial charge in [0, 0.05) is 26.1 Å². The van der Waals surface area contributed by atoms with Gasteiger partial charge in [0.25, 0.3) is 0 Å². The van der Waals surface area contributed by atoms with Crippen molar-refractivity contribution in [2.75, 3.05) is 14.2 Å². The number of ether oxygens (including phenoxy) is 3. The van der Waals surface area contributed by atoms with E-state index in [0.29, 0.717) is 23.7 Å². The fourth-order valence-electron chi connectivity index (χ4n) is 4.13. The Bertz CT molecular complexity index is 270. The number of aliphatic hydroxyl groups is 1. The minimum atomic E-state index is -0.197. The van der Waals surface area contributed by atoms with Crippen molar-refractivity contribution in [3.8, 4) is 0 Å². The lowest BCUT2D eigenvalue weighted by atomic mass is 9.58. The maximum Gasteiger partial charge on any atom is 0.163 e. The Balaban J connectivity index is 1.89. The zero-order valence-electron chi connectivity index (χ0n) is 9.83. The maximum absolute atomic E-state index is 10.1. The molecule has 1 saturated heterocycles. The first-order chi connectivity index (χ1) is 7.76. The lowest BCUT2D eigenvalue weighted by Gasteiger charge is -2.49. The summed E-state index contributed by atoms with van der Waals surface area (Å²) in [6.45, 7) is 0. The lowest BCUT2D eigenvalue weighted by Crippen LogP contribution is -2.50. The van der Waals surface area contributed by atoms with Crippen LogP contribution in [0.1, 0.15) is 19.3 Å². The Labute approximate surface area is 95.9 Å². The molecule has 0 amide bonds. The normalized spacial score (nSPS) is 55.3. The molecular weight excluding hydrogens is 208 g/mol. The highest BCUT2D eigenvalue weighted by molar-refractivity contribution is 5.02. The summed E-state index contributed by atoms with van der Waals surface area (Å²) in [4.78, 5) is 0. The fraction of sp³-hybridized carbons (Fsp3) is 1.00. The maximum atomic E-state index is 10.1. The van der Waals surface area contributed by atoms with E-state index in [9.17, 15) is 5.11 Å². The van der Waals surface area contributed by atoms with Crippen molar-refractivity contribution in [1.29, 1.82) is 0 Å². The van der Waals surface area contributed by atoms with Gasteiger partial charge in [-0.15, -0.1) is 0 Å². The minimum absolute atomic E-state index is 0.143. The van der Waals surface area contributed by atoms with Gasteiger partial charge in [-0.05, 0) is 31.1 Å². The molecule has 1 heterocycles. The molecule has 0 unspecified atom stereocenters. The summed E-state index contributed by atoms with van der Waals surface area (Å²) in [5.41, 5.74) is 0. The van der Waals surface area contributed by atoms with Gasteiger partial charge >= 0.3 is 0 Å². The van der Waals surface area contributed by atoms with E-state index in [-0.39, 0.29) is 18.7 Å². The van der Waals surface area contributed by atoms with E-state index in [1.165, 1.54) is 6.42 Å². The minimum Gasteiger partial charge on any atom is -0.393 e. The first-order valence-electron chi connectivity index (χ1n) is 6.15. The van der Waals surface area contributed by atoms with Crippen LogP contribution in [0, 0.1) is 23.7 Å². The summed E-state index contributed by atoms with van der Waals surface area (Å²) in [6.07, 6.45) is 2.70. The predicted octanol–water partition coefficient (Wildman–Crippen LogP) is 0.985. The van der Waals surface area contributed by atoms with Gasteiger partial charge in [0.05, 0.1) is 6.10 Å². The van der Waals surface area contributed by atoms with E-state index >= 15 is 0 Å². The molecule has 7 atom stereocenters. The highest BCUT2D eigenvalue weighted by atomic mass is 16.8. The summed E-state index contributed by atoms with van der Waals surface area (Å²) in [7, 11) is 3.37. The van der Waals surface area contributed by atoms with Crippen LogP contribution in [0.2, 0.25) is 0 Å². The van der Waals surface area contributed by atoms with Crippen molar-refractivity contribution >= 4 is 0 Å². The van der Waals surface area contributed by atoms with Crippen molar-refractivity contribution in [2.24, 2.45) is 23.7 Å². The van der Waals surface area contributed by atoms with E-state index < -0.39 is 0 Å². The molecule has 0 aromatic carbocycles. The van der Waals surface area contributed by atoms with Crippen LogP contribution in [0.3, 0.4) is 0 Å². The molecule has 2 bridgehead atoms. The van der Waals surface area contributed by atoms with E-state index in [1.807, 2.05) is 0 Å². The molecular formula is C12H20O4. The van der Waals surface area contributed by atoms with Crippen LogP contribution in [0.25, 0.3) is 0 Å². The smallest absolute Gasteiger partial charge is 0.163 e. The molecule has 4 heteroatoms. The molecule has 0 radical (unpaired) electrons. The lowest BCUT2D eigenvalue weighted by molar-refractivity contribution is -0.199. The Kier molecular flexibility index (Phi) is 2.70. The zero-order valence-corrected chi connectivity index (χ0v) is 9.83. The molecule has 4 nitrogen and oxygen atoms in total. The summed E-state index contributed by atoms with van der Waals surface area (Å²) in [5.74, 6) is 1.60. The topological polar surface area (TPSA) is 47.9 Å². The monoisotopic (exact) mass is 228 g/mol. The van der Waals surface area contributed by atoms with Crippen LogP contribution in [0.15, 0.2) is 0 Å². The standard InChI is InChI=1S/C12H20O4/c1-14-11-9-6-3-4-7(8(13)5-6)10(9)12(15-2)16-11/h6-13H,3-5H2,1-2H3/t6-,7-,8+,9+,10+,11+,12+/m1/s1. The SMILES string of the molecule is CO[C@H]1O[C@H](OC)[C@H]2[C@@H]3CC[C@H](C[C@@H]3O)[C@H]12. The van der Waals surface area contributed by atoms with Crippen molar-refractivity contribution in [2.45, 2.75) is 37.9 Å². The quantitative estimate of drug-likeness (QED) is 0.765. The van der Waals surface area contributed by atoms with Gasteiger partial charge in [-0.25, -0.2) is 0 Å². The highest BCUT2D eigenvalue weighted by Gasteiger charge is 2.58. The van der Waals surface area contributed by atoms with E-state index in [2.05, 4.69) is 0 Å². The molecule has 92 valence electrons. The highest BCUT2D eigenvalue weighted by Crippen LogP contribution is 2.55. The van der Waals surface area contributed by atoms with Gasteiger partial charge in [0.2, 0.25) is 0 Å². The Hall–Kier alpha value is -0.160. The first-order valence-corrected chi connectivity index (χ1v) is 6.15. The number of hydrogen-bond acceptors (Lipinski definition) is 4. The average Bonchev–Trinajstić information content (AvgIpc) is 2.69. The number of methoxy groups -OCH3 is 2. The van der Waals surface area contributed by atoms with Gasteiger partial charge < -0.3 is 19.3 Å². The van der Waals surface area contributed by atoms with E-state index in [1.54, 1.807) is 14.2 Å². The third kappa shape index (κ3) is 1.37. The first kappa shape index (κ1) is 11.0. The third-order valence-electron chi connectivity index (χ3n) is 4.75. The van der Waals surface area contributed by atoms with Crippen LogP contribution in [0.4, 0.5) is 0 Å². The largest absolute Gasteiger partial charge is 0.393 e. The van der Waals surface area contributed by atoms with Crippen LogP contribution >= 0.6 is 0 Å². The number of hydrogen-bond donors (Lipinski definition) is 1.